The molecule has 220 valence electrons. The zero-order valence-electron chi connectivity index (χ0n) is 23.7. The summed E-state index contributed by atoms with van der Waals surface area (Å²) in [6.07, 6.45) is 15.9. The van der Waals surface area contributed by atoms with Crippen molar-refractivity contribution in [1.29, 1.82) is 0 Å². The molecule has 7 heteroatoms. The molecule has 0 saturated carbocycles. The van der Waals surface area contributed by atoms with Crippen LogP contribution in [0.5, 0.6) is 11.5 Å². The number of rotatable bonds is 5. The van der Waals surface area contributed by atoms with E-state index < -0.39 is 0 Å². The first-order valence-corrected chi connectivity index (χ1v) is 13.0. The third-order valence-corrected chi connectivity index (χ3v) is 6.04. The van der Waals surface area contributed by atoms with Gasteiger partial charge in [-0.25, -0.2) is 23.2 Å². The summed E-state index contributed by atoms with van der Waals surface area (Å²) in [6, 6.07) is 41.4. The average Bonchev–Trinajstić information content (AvgIpc) is 3.72. The first kappa shape index (κ1) is 33.7. The molecule has 0 N–H and O–H groups in total. The second kappa shape index (κ2) is 15.6. The van der Waals surface area contributed by atoms with Gasteiger partial charge in [-0.1, -0.05) is 5.75 Å². The smallest absolute Gasteiger partial charge is 0.669 e. The van der Waals surface area contributed by atoms with Gasteiger partial charge in [0.05, 0.1) is 0 Å². The second-order valence-electron chi connectivity index (χ2n) is 10.1. The summed E-state index contributed by atoms with van der Waals surface area (Å²) < 4.78 is 7.63. The maximum Gasteiger partial charge on any atom is 4.00 e. The summed E-state index contributed by atoms with van der Waals surface area (Å²) in [6.45, 7) is 8.55. The SMILES string of the molecule is CC(C)(C)N1C=CN(c2[c-]c(Oc3[c-]c(-c4[c-]c(-c5[c-]cccc5)ccn4)[c-]cc3)ccc2)[CH-]1.[C-]#Cn1cccc1.[Pt+4].[Pt]. The third kappa shape index (κ3) is 9.08. The largest absolute Gasteiger partial charge is 4.00 e. The van der Waals surface area contributed by atoms with Gasteiger partial charge in [-0.2, -0.15) is 54.8 Å². The van der Waals surface area contributed by atoms with Gasteiger partial charge in [0, 0.05) is 44.7 Å². The molecule has 0 aliphatic carbocycles. The summed E-state index contributed by atoms with van der Waals surface area (Å²) >= 11 is 0. The quantitative estimate of drug-likeness (QED) is 0.135. The molecule has 5 aromatic rings. The van der Waals surface area contributed by atoms with Crippen LogP contribution in [0.4, 0.5) is 5.69 Å². The van der Waals surface area contributed by atoms with Crippen LogP contribution in [0.2, 0.25) is 0 Å². The molecule has 6 rings (SSSR count). The molecule has 0 atom stereocenters. The van der Waals surface area contributed by atoms with E-state index in [1.165, 1.54) is 0 Å². The number of anilines is 1. The molecule has 1 aliphatic rings. The Bertz CT molecular complexity index is 1660. The van der Waals surface area contributed by atoms with Gasteiger partial charge in [-0.15, -0.1) is 30.0 Å². The van der Waals surface area contributed by atoms with E-state index in [1.54, 1.807) is 29.2 Å². The number of benzene rings is 3. The maximum absolute atomic E-state index is 6.57. The molecule has 2 aromatic heterocycles. The zero-order valence-corrected chi connectivity index (χ0v) is 28.3. The topological polar surface area (TPSA) is 33.5 Å². The number of pyridine rings is 1. The summed E-state index contributed by atoms with van der Waals surface area (Å²) in [4.78, 5) is 8.64. The van der Waals surface area contributed by atoms with Gasteiger partial charge in [-0.3, -0.25) is 12.1 Å². The van der Waals surface area contributed by atoms with Crippen molar-refractivity contribution in [3.63, 3.8) is 0 Å². The Balaban J connectivity index is 0.000000497. The van der Waals surface area contributed by atoms with Crippen molar-refractivity contribution in [2.24, 2.45) is 0 Å². The van der Waals surface area contributed by atoms with E-state index in [9.17, 15) is 0 Å². The van der Waals surface area contributed by atoms with Gasteiger partial charge >= 0.3 is 21.1 Å². The summed E-state index contributed by atoms with van der Waals surface area (Å²) in [5, 5.41) is 0. The number of ether oxygens (including phenoxy) is 1. The molecule has 0 radical (unpaired) electrons. The van der Waals surface area contributed by atoms with Crippen LogP contribution in [0, 0.1) is 49.5 Å². The summed E-state index contributed by atoms with van der Waals surface area (Å²) in [5.74, 6) is 1.16. The first-order chi connectivity index (χ1) is 19.9. The molecule has 0 fully saturated rings. The summed E-state index contributed by atoms with van der Waals surface area (Å²) in [7, 11) is 0. The van der Waals surface area contributed by atoms with Gasteiger partial charge in [0.1, 0.15) is 0 Å². The predicted octanol–water partition coefficient (Wildman–Crippen LogP) is 7.60. The Labute approximate surface area is 283 Å². The van der Waals surface area contributed by atoms with Gasteiger partial charge in [0.25, 0.3) is 0 Å². The van der Waals surface area contributed by atoms with Crippen LogP contribution in [0.3, 0.4) is 0 Å². The van der Waals surface area contributed by atoms with E-state index in [2.05, 4.69) is 79.9 Å². The minimum atomic E-state index is 0. The van der Waals surface area contributed by atoms with Crippen molar-refractivity contribution in [2.75, 3.05) is 4.90 Å². The van der Waals surface area contributed by atoms with E-state index in [-0.39, 0.29) is 47.7 Å². The summed E-state index contributed by atoms with van der Waals surface area (Å²) in [5.41, 5.74) is 4.11. The molecule has 0 spiro atoms. The normalized spacial score (nSPS) is 11.9. The Morgan fingerprint density at radius 1 is 0.837 bits per heavy atom. The molecule has 3 heterocycles. The van der Waals surface area contributed by atoms with Crippen LogP contribution in [0.15, 0.2) is 104 Å². The molecule has 1 aliphatic heterocycles. The minimum Gasteiger partial charge on any atom is -0.669 e. The fraction of sp³-hybridized carbons (Fsp3) is 0.111. The molecule has 0 bridgehead atoms. The van der Waals surface area contributed by atoms with Crippen molar-refractivity contribution in [3.05, 3.63) is 147 Å². The Morgan fingerprint density at radius 2 is 1.63 bits per heavy atom. The van der Waals surface area contributed by atoms with Crippen LogP contribution in [0.1, 0.15) is 20.8 Å². The van der Waals surface area contributed by atoms with Gasteiger partial charge < -0.3 is 42.1 Å². The molecular formula is C36H27N4OPt2-3. The Morgan fingerprint density at radius 3 is 2.30 bits per heavy atom. The van der Waals surface area contributed by atoms with Crippen LogP contribution < -0.4 is 9.64 Å². The van der Waals surface area contributed by atoms with Crippen LogP contribution in [-0.4, -0.2) is 20.0 Å². The van der Waals surface area contributed by atoms with Crippen molar-refractivity contribution in [1.82, 2.24) is 14.5 Å². The standard InChI is InChI=1S/C30H23N3O.C6H4N.2Pt/c1-30(2,3)33-18-17-32(22-33)26-12-8-14-28(21-26)34-27-13-7-11-25(19-27)29-20-24(15-16-31-29)23-9-5-4-6-10-23;1-2-7-5-3-4-6-7;;/h4-9,12-18,22H,1-3H3;3-6H;;/q-6;-1;;+4. The number of hydrogen-bond donors (Lipinski definition) is 0. The van der Waals surface area contributed by atoms with E-state index in [0.29, 0.717) is 22.8 Å². The number of aromatic nitrogens is 2. The Hall–Kier alpha value is -3.83. The van der Waals surface area contributed by atoms with Crippen molar-refractivity contribution in [3.8, 4) is 39.9 Å². The van der Waals surface area contributed by atoms with E-state index in [1.807, 2.05) is 77.8 Å². The van der Waals surface area contributed by atoms with Gasteiger partial charge in [0.2, 0.25) is 0 Å². The van der Waals surface area contributed by atoms with E-state index in [4.69, 9.17) is 11.2 Å². The molecular weight excluding hydrogens is 895 g/mol. The fourth-order valence-corrected chi connectivity index (χ4v) is 3.89. The average molecular weight is 922 g/mol. The maximum atomic E-state index is 6.57. The number of nitrogens with zero attached hydrogens (tertiary/aromatic N) is 4. The minimum absolute atomic E-state index is 0. The van der Waals surface area contributed by atoms with Crippen LogP contribution >= 0.6 is 0 Å². The molecule has 0 saturated heterocycles. The molecule has 0 amide bonds. The number of hydrogen-bond acceptors (Lipinski definition) is 4. The molecule has 3 aromatic carbocycles. The molecule has 43 heavy (non-hydrogen) atoms. The van der Waals surface area contributed by atoms with Crippen molar-refractivity contribution < 1.29 is 46.9 Å². The monoisotopic (exact) mass is 921 g/mol. The fourth-order valence-electron chi connectivity index (χ4n) is 3.89. The van der Waals surface area contributed by atoms with Crippen LogP contribution in [-0.2, 0) is 42.1 Å². The third-order valence-electron chi connectivity index (χ3n) is 6.04. The first-order valence-electron chi connectivity index (χ1n) is 13.0. The predicted molar refractivity (Wildman–Crippen MR) is 160 cm³/mol. The van der Waals surface area contributed by atoms with E-state index in [0.717, 1.165) is 16.8 Å². The second-order valence-corrected chi connectivity index (χ2v) is 10.1. The van der Waals surface area contributed by atoms with Crippen LogP contribution in [0.25, 0.3) is 22.4 Å². The van der Waals surface area contributed by atoms with Gasteiger partial charge in [0.15, 0.2) is 0 Å². The molecule has 5 nitrogen and oxygen atoms in total. The molecule has 0 unspecified atom stereocenters. The van der Waals surface area contributed by atoms with Crippen molar-refractivity contribution in [2.45, 2.75) is 26.3 Å². The Kier molecular flexibility index (Phi) is 12.2. The zero-order chi connectivity index (χ0) is 28.7. The van der Waals surface area contributed by atoms with Crippen molar-refractivity contribution >= 4 is 5.69 Å². The van der Waals surface area contributed by atoms with E-state index >= 15 is 0 Å². The van der Waals surface area contributed by atoms with Gasteiger partial charge in [-0.05, 0) is 51.5 Å².